The van der Waals surface area contributed by atoms with Crippen LogP contribution in [0.15, 0.2) is 48.7 Å². The number of amides is 2. The second-order valence-corrected chi connectivity index (χ2v) is 10.3. The minimum absolute atomic E-state index is 0.0602. The van der Waals surface area contributed by atoms with Crippen LogP contribution in [0.3, 0.4) is 0 Å². The van der Waals surface area contributed by atoms with Gasteiger partial charge in [-0.05, 0) is 29.1 Å². The fraction of sp³-hybridized carbons (Fsp3) is 0.385. The zero-order valence-corrected chi connectivity index (χ0v) is 21.8. The van der Waals surface area contributed by atoms with Gasteiger partial charge >= 0.3 is 5.79 Å². The number of rotatable bonds is 6. The van der Waals surface area contributed by atoms with Crippen LogP contribution in [0, 0.1) is 5.82 Å². The maximum Gasteiger partial charge on any atom is 0.302 e. The van der Waals surface area contributed by atoms with Crippen molar-refractivity contribution in [2.24, 2.45) is 0 Å². The highest BCUT2D eigenvalue weighted by atomic mass is 19.1. The first-order valence-electron chi connectivity index (χ1n) is 12.6. The Morgan fingerprint density at radius 3 is 2.41 bits per heavy atom. The highest BCUT2D eigenvalue weighted by molar-refractivity contribution is 6.44. The summed E-state index contributed by atoms with van der Waals surface area (Å²) in [6, 6.07) is 8.87. The van der Waals surface area contributed by atoms with Crippen molar-refractivity contribution in [1.29, 1.82) is 0 Å². The third-order valence-corrected chi connectivity index (χ3v) is 7.65. The van der Waals surface area contributed by atoms with Gasteiger partial charge in [0, 0.05) is 42.0 Å². The molecule has 0 saturated carbocycles. The summed E-state index contributed by atoms with van der Waals surface area (Å²) in [6.07, 6.45) is 0. The van der Waals surface area contributed by atoms with Gasteiger partial charge in [-0.3, -0.25) is 14.5 Å². The lowest BCUT2D eigenvalue weighted by molar-refractivity contribution is -0.364. The Bertz CT molecular complexity index is 1430. The number of nitrogens with zero attached hydrogens (tertiary/aromatic N) is 2. The van der Waals surface area contributed by atoms with E-state index in [1.165, 1.54) is 24.3 Å². The Kier molecular flexibility index (Phi) is 7.12. The number of carbonyl (C=O) groups is 2. The Morgan fingerprint density at radius 2 is 1.76 bits per heavy atom. The summed E-state index contributed by atoms with van der Waals surface area (Å²) in [4.78, 5) is 28.1. The minimum atomic E-state index is -3.94. The van der Waals surface area contributed by atoms with E-state index in [1.54, 1.807) is 12.1 Å². The molecule has 5 N–H and O–H groups in total. The molecule has 15 heteroatoms. The van der Waals surface area contributed by atoms with Crippen LogP contribution < -0.4 is 10.1 Å². The molecule has 1 unspecified atom stereocenters. The number of ether oxygens (including phenoxy) is 2. The SMILES string of the molecule is [B]C1([B])c2c(OCc3ccc(CN4CCOCC4)cc3F)cccc2C(=O)N1C1([B])C(=C)NC(=O)C(O)(O)C1(O)O. The standard InChI is InChI=1S/C26H25B3FN3O8/c1-14-23(27,26(38,39)24(36,37)22(35)31-14)33-21(34)17-3-2-4-19(20(17)25(33,28)29)41-13-16-6-5-15(11-18(16)30)12-32-7-9-40-10-8-32/h2-6,11,36-39H,1,7-10,12-13H2,(H,31,35). The monoisotopic (exact) mass is 559 g/mol. The first-order chi connectivity index (χ1) is 19.1. The summed E-state index contributed by atoms with van der Waals surface area (Å²) in [6.45, 7) is 6.45. The van der Waals surface area contributed by atoms with Gasteiger partial charge in [0.1, 0.15) is 26.0 Å². The lowest BCUT2D eigenvalue weighted by atomic mass is 9.53. The Labute approximate surface area is 238 Å². The fourth-order valence-corrected chi connectivity index (χ4v) is 5.32. The number of nitrogens with one attached hydrogen (secondary N) is 1. The largest absolute Gasteiger partial charge is 0.488 e. The molecule has 11 nitrogen and oxygen atoms in total. The van der Waals surface area contributed by atoms with Gasteiger partial charge in [-0.2, -0.15) is 0 Å². The molecule has 2 fully saturated rings. The third-order valence-electron chi connectivity index (χ3n) is 7.65. The molecule has 2 saturated heterocycles. The fourth-order valence-electron chi connectivity index (χ4n) is 5.32. The third kappa shape index (κ3) is 4.39. The first-order valence-corrected chi connectivity index (χ1v) is 12.6. The van der Waals surface area contributed by atoms with Gasteiger partial charge in [0.15, 0.2) is 0 Å². The molecule has 41 heavy (non-hydrogen) atoms. The molecule has 0 spiro atoms. The van der Waals surface area contributed by atoms with Crippen LogP contribution in [0.2, 0.25) is 0 Å². The summed E-state index contributed by atoms with van der Waals surface area (Å²) in [7, 11) is 18.9. The number of aliphatic hydroxyl groups is 4. The molecule has 2 aromatic carbocycles. The van der Waals surface area contributed by atoms with E-state index in [4.69, 9.17) is 33.0 Å². The zero-order valence-electron chi connectivity index (χ0n) is 21.8. The second kappa shape index (κ2) is 9.97. The zero-order chi connectivity index (χ0) is 30.0. The Hall–Kier alpha value is -3.20. The number of piperidine rings is 1. The van der Waals surface area contributed by atoms with E-state index >= 15 is 0 Å². The van der Waals surface area contributed by atoms with E-state index in [9.17, 15) is 34.4 Å². The number of fused-ring (bicyclic) bond motifs is 1. The first kappa shape index (κ1) is 29.3. The molecule has 3 aliphatic rings. The highest BCUT2D eigenvalue weighted by Crippen LogP contribution is 2.50. The van der Waals surface area contributed by atoms with Gasteiger partial charge in [0.25, 0.3) is 11.8 Å². The van der Waals surface area contributed by atoms with Gasteiger partial charge < -0.3 is 40.1 Å². The van der Waals surface area contributed by atoms with Gasteiger partial charge in [-0.15, -0.1) is 0 Å². The number of carbonyl (C=O) groups excluding carboxylic acids is 2. The summed E-state index contributed by atoms with van der Waals surface area (Å²) in [5, 5.41) is 41.3. The number of morpholine rings is 1. The van der Waals surface area contributed by atoms with Crippen molar-refractivity contribution in [2.75, 3.05) is 26.3 Å². The van der Waals surface area contributed by atoms with Crippen molar-refractivity contribution in [3.8, 4) is 5.75 Å². The predicted octanol–water partition coefficient (Wildman–Crippen LogP) is -1.99. The Morgan fingerprint density at radius 1 is 1.07 bits per heavy atom. The topological polar surface area (TPSA) is 152 Å². The van der Waals surface area contributed by atoms with Gasteiger partial charge in [-0.25, -0.2) is 4.39 Å². The quantitative estimate of drug-likeness (QED) is 0.200. The van der Waals surface area contributed by atoms with Gasteiger partial charge in [0.2, 0.25) is 5.79 Å². The second-order valence-electron chi connectivity index (χ2n) is 10.3. The lowest BCUT2D eigenvalue weighted by Gasteiger charge is -2.58. The number of halogens is 1. The molecule has 0 bridgehead atoms. The summed E-state index contributed by atoms with van der Waals surface area (Å²) < 4.78 is 26.2. The number of benzene rings is 2. The molecule has 2 aromatic rings. The van der Waals surface area contributed by atoms with Crippen molar-refractivity contribution < 1.29 is 43.9 Å². The van der Waals surface area contributed by atoms with Crippen LogP contribution in [-0.2, 0) is 28.0 Å². The molecule has 3 aliphatic heterocycles. The van der Waals surface area contributed by atoms with Crippen molar-refractivity contribution in [3.63, 3.8) is 0 Å². The minimum Gasteiger partial charge on any atom is -0.488 e. The van der Waals surface area contributed by atoms with Crippen molar-refractivity contribution in [1.82, 2.24) is 15.1 Å². The van der Waals surface area contributed by atoms with Crippen LogP contribution in [0.4, 0.5) is 4.39 Å². The average molecular weight is 559 g/mol. The van der Waals surface area contributed by atoms with Crippen molar-refractivity contribution in [3.05, 3.63) is 76.7 Å². The van der Waals surface area contributed by atoms with E-state index in [-0.39, 0.29) is 29.0 Å². The summed E-state index contributed by atoms with van der Waals surface area (Å²) in [5.74, 6) is -11.2. The van der Waals surface area contributed by atoms with Crippen molar-refractivity contribution >= 4 is 35.4 Å². The smallest absolute Gasteiger partial charge is 0.302 e. The molecule has 1 atom stereocenters. The predicted molar refractivity (Wildman–Crippen MR) is 143 cm³/mol. The molecule has 5 rings (SSSR count). The van der Waals surface area contributed by atoms with Gasteiger partial charge in [-0.1, -0.05) is 24.8 Å². The lowest BCUT2D eigenvalue weighted by Crippen LogP contribution is -2.84. The van der Waals surface area contributed by atoms with E-state index < -0.39 is 45.7 Å². The maximum absolute atomic E-state index is 15.0. The van der Waals surface area contributed by atoms with Gasteiger partial charge in [0.05, 0.1) is 34.3 Å². The Balaban J connectivity index is 1.43. The molecule has 0 aliphatic carbocycles. The number of hydrogen-bond donors (Lipinski definition) is 5. The van der Waals surface area contributed by atoms with Crippen LogP contribution in [0.25, 0.3) is 0 Å². The number of hydrogen-bond acceptors (Lipinski definition) is 9. The molecule has 2 amide bonds. The van der Waals surface area contributed by atoms with E-state index in [2.05, 4.69) is 11.5 Å². The van der Waals surface area contributed by atoms with Crippen LogP contribution in [-0.4, -0.2) is 109 Å². The molecule has 3 heterocycles. The average Bonchev–Trinajstić information content (AvgIpc) is 3.12. The molecular weight excluding hydrogens is 534 g/mol. The summed E-state index contributed by atoms with van der Waals surface area (Å²) in [5.41, 5.74) is -3.14. The molecule has 208 valence electrons. The van der Waals surface area contributed by atoms with E-state index in [1.807, 2.05) is 5.32 Å². The summed E-state index contributed by atoms with van der Waals surface area (Å²) >= 11 is 0. The normalized spacial score (nSPS) is 25.1. The highest BCUT2D eigenvalue weighted by Gasteiger charge is 2.72. The van der Waals surface area contributed by atoms with E-state index in [0.29, 0.717) is 24.7 Å². The van der Waals surface area contributed by atoms with Crippen LogP contribution in [0.1, 0.15) is 27.0 Å². The van der Waals surface area contributed by atoms with Crippen molar-refractivity contribution in [2.45, 2.75) is 35.5 Å². The maximum atomic E-state index is 15.0. The molecular formula is C26H25B3FN3O8. The molecule has 6 radical (unpaired) electrons. The van der Waals surface area contributed by atoms with Crippen LogP contribution in [0.5, 0.6) is 5.75 Å². The molecule has 0 aromatic heterocycles. The van der Waals surface area contributed by atoms with E-state index in [0.717, 1.165) is 18.7 Å². The van der Waals surface area contributed by atoms with Crippen LogP contribution >= 0.6 is 0 Å².